The van der Waals surface area contributed by atoms with Gasteiger partial charge in [0.2, 0.25) is 0 Å². The van der Waals surface area contributed by atoms with E-state index in [2.05, 4.69) is 54.6 Å². The summed E-state index contributed by atoms with van der Waals surface area (Å²) in [6.45, 7) is 4.19. The second kappa shape index (κ2) is 5.13. The van der Waals surface area contributed by atoms with Gasteiger partial charge in [0.1, 0.15) is 0 Å². The number of fused-ring (bicyclic) bond motifs is 1. The van der Waals surface area contributed by atoms with E-state index in [1.807, 2.05) is 19.2 Å². The summed E-state index contributed by atoms with van der Waals surface area (Å²) in [5.74, 6) is 1.15. The number of aryl methyl sites for hydroxylation is 1. The van der Waals surface area contributed by atoms with Crippen LogP contribution in [0.4, 0.5) is 17.2 Å². The molecule has 4 nitrogen and oxygen atoms in total. The van der Waals surface area contributed by atoms with Gasteiger partial charge in [-0.15, -0.1) is 0 Å². The molecular formula is C17H20N4. The topological polar surface area (TPSA) is 55.9 Å². The van der Waals surface area contributed by atoms with E-state index in [4.69, 9.17) is 5.73 Å². The number of nitrogen functional groups attached to an aromatic ring is 1. The van der Waals surface area contributed by atoms with Crippen molar-refractivity contribution < 1.29 is 0 Å². The molecule has 108 valence electrons. The van der Waals surface area contributed by atoms with E-state index >= 15 is 0 Å². The molecule has 3 N–H and O–H groups in total. The van der Waals surface area contributed by atoms with Gasteiger partial charge < -0.3 is 11.1 Å². The maximum absolute atomic E-state index is 6.22. The van der Waals surface area contributed by atoms with Gasteiger partial charge in [0, 0.05) is 12.7 Å². The maximum atomic E-state index is 6.22. The standard InChI is InChI=1S/C17H20N4/c1-11(2)16-15(18)17(21(3)20-16)19-14-9-8-12-6-4-5-7-13(12)10-14/h4-11,19H,18H2,1-3H3. The van der Waals surface area contributed by atoms with E-state index in [0.29, 0.717) is 5.92 Å². The molecule has 0 fully saturated rings. The molecular weight excluding hydrogens is 260 g/mol. The zero-order valence-corrected chi connectivity index (χ0v) is 12.6. The third kappa shape index (κ3) is 2.44. The van der Waals surface area contributed by atoms with E-state index in [9.17, 15) is 0 Å². The minimum Gasteiger partial charge on any atom is -0.394 e. The maximum Gasteiger partial charge on any atom is 0.152 e. The Bertz CT molecular complexity index is 787. The number of nitrogens with zero attached hydrogens (tertiary/aromatic N) is 2. The number of rotatable bonds is 3. The molecule has 0 bridgehead atoms. The molecule has 0 saturated carbocycles. The summed E-state index contributed by atoms with van der Waals surface area (Å²) in [5, 5.41) is 10.3. The molecule has 21 heavy (non-hydrogen) atoms. The van der Waals surface area contributed by atoms with Crippen LogP contribution >= 0.6 is 0 Å². The van der Waals surface area contributed by atoms with E-state index in [0.717, 1.165) is 22.9 Å². The molecule has 0 spiro atoms. The summed E-state index contributed by atoms with van der Waals surface area (Å²) in [7, 11) is 1.91. The lowest BCUT2D eigenvalue weighted by Crippen LogP contribution is -2.01. The summed E-state index contributed by atoms with van der Waals surface area (Å²) >= 11 is 0. The highest BCUT2D eigenvalue weighted by Gasteiger charge is 2.15. The third-order valence-corrected chi connectivity index (χ3v) is 3.67. The molecule has 1 heterocycles. The highest BCUT2D eigenvalue weighted by Crippen LogP contribution is 2.30. The molecule has 0 saturated heterocycles. The number of anilines is 3. The van der Waals surface area contributed by atoms with Crippen LogP contribution in [0.1, 0.15) is 25.5 Å². The molecule has 3 rings (SSSR count). The quantitative estimate of drug-likeness (QED) is 0.761. The van der Waals surface area contributed by atoms with Gasteiger partial charge in [0.05, 0.1) is 11.4 Å². The Morgan fingerprint density at radius 2 is 1.81 bits per heavy atom. The van der Waals surface area contributed by atoms with Crippen molar-refractivity contribution in [3.8, 4) is 0 Å². The monoisotopic (exact) mass is 280 g/mol. The lowest BCUT2D eigenvalue weighted by molar-refractivity contribution is 0.718. The fourth-order valence-corrected chi connectivity index (χ4v) is 2.54. The number of benzene rings is 2. The average molecular weight is 280 g/mol. The van der Waals surface area contributed by atoms with Gasteiger partial charge in [0.15, 0.2) is 5.82 Å². The van der Waals surface area contributed by atoms with E-state index in [-0.39, 0.29) is 0 Å². The Morgan fingerprint density at radius 1 is 1.10 bits per heavy atom. The summed E-state index contributed by atoms with van der Waals surface area (Å²) in [6.07, 6.45) is 0. The Hall–Kier alpha value is -2.49. The van der Waals surface area contributed by atoms with Crippen molar-refractivity contribution in [1.82, 2.24) is 9.78 Å². The molecule has 0 atom stereocenters. The van der Waals surface area contributed by atoms with Crippen LogP contribution in [0.25, 0.3) is 10.8 Å². The van der Waals surface area contributed by atoms with E-state index in [1.165, 1.54) is 10.8 Å². The summed E-state index contributed by atoms with van der Waals surface area (Å²) in [6, 6.07) is 14.6. The smallest absolute Gasteiger partial charge is 0.152 e. The predicted octanol–water partition coefficient (Wildman–Crippen LogP) is 4.02. The fraction of sp³-hybridized carbons (Fsp3) is 0.235. The average Bonchev–Trinajstić information content (AvgIpc) is 2.75. The second-order valence-corrected chi connectivity index (χ2v) is 5.61. The molecule has 0 aliphatic heterocycles. The van der Waals surface area contributed by atoms with Gasteiger partial charge >= 0.3 is 0 Å². The zero-order valence-electron chi connectivity index (χ0n) is 12.6. The van der Waals surface area contributed by atoms with Gasteiger partial charge in [-0.05, 0) is 28.8 Å². The minimum absolute atomic E-state index is 0.309. The SMILES string of the molecule is CC(C)c1nn(C)c(Nc2ccc3ccccc3c2)c1N. The Morgan fingerprint density at radius 3 is 2.48 bits per heavy atom. The van der Waals surface area contributed by atoms with Gasteiger partial charge in [-0.1, -0.05) is 44.2 Å². The number of hydrogen-bond donors (Lipinski definition) is 2. The third-order valence-electron chi connectivity index (χ3n) is 3.67. The Kier molecular flexibility index (Phi) is 3.29. The van der Waals surface area contributed by atoms with Crippen LogP contribution in [0.15, 0.2) is 42.5 Å². The summed E-state index contributed by atoms with van der Waals surface area (Å²) in [4.78, 5) is 0. The van der Waals surface area contributed by atoms with Gasteiger partial charge in [0.25, 0.3) is 0 Å². The first-order valence-corrected chi connectivity index (χ1v) is 7.14. The van der Waals surface area contributed by atoms with Crippen molar-refractivity contribution in [2.45, 2.75) is 19.8 Å². The van der Waals surface area contributed by atoms with Crippen LogP contribution in [0, 0.1) is 0 Å². The second-order valence-electron chi connectivity index (χ2n) is 5.61. The number of nitrogens with two attached hydrogens (primary N) is 1. The van der Waals surface area contributed by atoms with Crippen LogP contribution in [0.2, 0.25) is 0 Å². The predicted molar refractivity (Wildman–Crippen MR) is 88.9 cm³/mol. The lowest BCUT2D eigenvalue weighted by Gasteiger charge is -2.09. The van der Waals surface area contributed by atoms with Gasteiger partial charge in [-0.2, -0.15) is 5.10 Å². The van der Waals surface area contributed by atoms with Crippen molar-refractivity contribution in [2.75, 3.05) is 11.1 Å². The molecule has 2 aromatic carbocycles. The molecule has 0 amide bonds. The van der Waals surface area contributed by atoms with Crippen LogP contribution < -0.4 is 11.1 Å². The first-order valence-electron chi connectivity index (χ1n) is 7.14. The number of aromatic nitrogens is 2. The van der Waals surface area contributed by atoms with Crippen LogP contribution in [-0.2, 0) is 7.05 Å². The van der Waals surface area contributed by atoms with Gasteiger partial charge in [-0.3, -0.25) is 4.68 Å². The number of nitrogens with one attached hydrogen (secondary N) is 1. The molecule has 0 aliphatic rings. The highest BCUT2D eigenvalue weighted by atomic mass is 15.3. The summed E-state index contributed by atoms with van der Waals surface area (Å²) < 4.78 is 1.81. The molecule has 4 heteroatoms. The van der Waals surface area contributed by atoms with Crippen molar-refractivity contribution >= 4 is 28.0 Å². The molecule has 0 unspecified atom stereocenters. The number of hydrogen-bond acceptors (Lipinski definition) is 3. The summed E-state index contributed by atoms with van der Waals surface area (Å²) in [5.41, 5.74) is 8.89. The largest absolute Gasteiger partial charge is 0.394 e. The molecule has 0 aliphatic carbocycles. The zero-order chi connectivity index (χ0) is 15.0. The first-order chi connectivity index (χ1) is 10.1. The molecule has 1 aromatic heterocycles. The molecule has 0 radical (unpaired) electrons. The Balaban J connectivity index is 1.98. The van der Waals surface area contributed by atoms with E-state index in [1.54, 1.807) is 4.68 Å². The van der Waals surface area contributed by atoms with Crippen molar-refractivity contribution in [2.24, 2.45) is 7.05 Å². The Labute approximate surface area is 124 Å². The van der Waals surface area contributed by atoms with E-state index < -0.39 is 0 Å². The normalized spacial score (nSPS) is 11.2. The van der Waals surface area contributed by atoms with Crippen LogP contribution in [-0.4, -0.2) is 9.78 Å². The minimum atomic E-state index is 0.309. The van der Waals surface area contributed by atoms with Crippen molar-refractivity contribution in [1.29, 1.82) is 0 Å². The highest BCUT2D eigenvalue weighted by molar-refractivity contribution is 5.87. The van der Waals surface area contributed by atoms with Crippen molar-refractivity contribution in [3.05, 3.63) is 48.2 Å². The van der Waals surface area contributed by atoms with Crippen molar-refractivity contribution in [3.63, 3.8) is 0 Å². The van der Waals surface area contributed by atoms with Crippen LogP contribution in [0.3, 0.4) is 0 Å². The first kappa shape index (κ1) is 13.5. The van der Waals surface area contributed by atoms with Gasteiger partial charge in [-0.25, -0.2) is 0 Å². The van der Waals surface area contributed by atoms with Crippen LogP contribution in [0.5, 0.6) is 0 Å². The lowest BCUT2D eigenvalue weighted by atomic mass is 10.1. The molecule has 3 aromatic rings. The fourth-order valence-electron chi connectivity index (χ4n) is 2.54.